The van der Waals surface area contributed by atoms with Crippen LogP contribution in [0.4, 0.5) is 0 Å². The minimum absolute atomic E-state index is 0.869. The number of benzene rings is 1. The molecular formula is C18H26N2O. The summed E-state index contributed by atoms with van der Waals surface area (Å²) in [7, 11) is 0. The molecule has 3 heteroatoms. The normalized spacial score (nSPS) is 11.0. The molecule has 0 amide bonds. The lowest BCUT2D eigenvalue weighted by atomic mass is 10.0. The molecule has 114 valence electrons. The summed E-state index contributed by atoms with van der Waals surface area (Å²) in [5.41, 5.74) is 2.73. The van der Waals surface area contributed by atoms with E-state index in [0.717, 1.165) is 50.4 Å². The van der Waals surface area contributed by atoms with Gasteiger partial charge in [0.05, 0.1) is 6.20 Å². The van der Waals surface area contributed by atoms with Crippen LogP contribution < -0.4 is 5.32 Å². The highest BCUT2D eigenvalue weighted by Crippen LogP contribution is 2.13. The largest absolute Gasteiger partial charge is 0.446 e. The van der Waals surface area contributed by atoms with Crippen molar-refractivity contribution in [3.8, 4) is 0 Å². The van der Waals surface area contributed by atoms with Gasteiger partial charge < -0.3 is 9.73 Å². The van der Waals surface area contributed by atoms with Gasteiger partial charge in [-0.3, -0.25) is 0 Å². The molecule has 0 atom stereocenters. The van der Waals surface area contributed by atoms with Crippen LogP contribution >= 0.6 is 0 Å². The number of rotatable bonds is 9. The van der Waals surface area contributed by atoms with Gasteiger partial charge in [-0.05, 0) is 50.4 Å². The van der Waals surface area contributed by atoms with E-state index in [9.17, 15) is 0 Å². The molecule has 3 nitrogen and oxygen atoms in total. The highest BCUT2D eigenvalue weighted by atomic mass is 16.4. The Balaban J connectivity index is 1.74. The standard InChI is InChI=1S/C18H26N2O/c1-3-12-19-13-6-9-18-20-14-17(21-18)11-10-16-8-5-4-7-15(16)2/h4-5,7-8,14,19H,3,6,9-13H2,1-2H3. The predicted molar refractivity (Wildman–Crippen MR) is 86.6 cm³/mol. The van der Waals surface area contributed by atoms with Crippen LogP contribution in [0.25, 0.3) is 0 Å². The Morgan fingerprint density at radius 3 is 2.76 bits per heavy atom. The average Bonchev–Trinajstić information content (AvgIpc) is 2.94. The summed E-state index contributed by atoms with van der Waals surface area (Å²) in [5, 5.41) is 3.40. The molecule has 1 aromatic carbocycles. The van der Waals surface area contributed by atoms with Gasteiger partial charge in [-0.15, -0.1) is 0 Å². The van der Waals surface area contributed by atoms with Gasteiger partial charge in [-0.25, -0.2) is 4.98 Å². The predicted octanol–water partition coefficient (Wildman–Crippen LogP) is 3.70. The summed E-state index contributed by atoms with van der Waals surface area (Å²) in [4.78, 5) is 4.37. The van der Waals surface area contributed by atoms with Gasteiger partial charge in [-0.2, -0.15) is 0 Å². The van der Waals surface area contributed by atoms with E-state index in [0.29, 0.717) is 0 Å². The smallest absolute Gasteiger partial charge is 0.194 e. The van der Waals surface area contributed by atoms with Crippen LogP contribution in [0, 0.1) is 6.92 Å². The van der Waals surface area contributed by atoms with Crippen molar-refractivity contribution in [3.05, 3.63) is 53.2 Å². The van der Waals surface area contributed by atoms with E-state index in [1.807, 2.05) is 6.20 Å². The van der Waals surface area contributed by atoms with Crippen molar-refractivity contribution in [1.29, 1.82) is 0 Å². The Labute approximate surface area is 127 Å². The van der Waals surface area contributed by atoms with E-state index >= 15 is 0 Å². The third kappa shape index (κ3) is 5.35. The molecule has 0 aliphatic carbocycles. The van der Waals surface area contributed by atoms with Crippen LogP contribution in [0.2, 0.25) is 0 Å². The van der Waals surface area contributed by atoms with Crippen LogP contribution in [-0.4, -0.2) is 18.1 Å². The minimum atomic E-state index is 0.869. The molecule has 2 rings (SSSR count). The van der Waals surface area contributed by atoms with Crippen molar-refractivity contribution in [2.24, 2.45) is 0 Å². The maximum Gasteiger partial charge on any atom is 0.194 e. The summed E-state index contributed by atoms with van der Waals surface area (Å²) >= 11 is 0. The second-order valence-corrected chi connectivity index (χ2v) is 5.50. The van der Waals surface area contributed by atoms with E-state index in [-0.39, 0.29) is 0 Å². The van der Waals surface area contributed by atoms with E-state index in [2.05, 4.69) is 48.4 Å². The number of nitrogens with zero attached hydrogens (tertiary/aromatic N) is 1. The number of aromatic nitrogens is 1. The van der Waals surface area contributed by atoms with Crippen molar-refractivity contribution < 1.29 is 4.42 Å². The van der Waals surface area contributed by atoms with Crippen LogP contribution in [-0.2, 0) is 19.3 Å². The number of oxazole rings is 1. The lowest BCUT2D eigenvalue weighted by Gasteiger charge is -2.03. The van der Waals surface area contributed by atoms with Crippen molar-refractivity contribution in [2.75, 3.05) is 13.1 Å². The molecule has 1 heterocycles. The SMILES string of the molecule is CCCNCCCc1ncc(CCc2ccccc2C)o1. The van der Waals surface area contributed by atoms with Crippen molar-refractivity contribution in [2.45, 2.75) is 46.0 Å². The molecule has 0 spiro atoms. The van der Waals surface area contributed by atoms with E-state index in [1.165, 1.54) is 17.5 Å². The molecule has 1 N–H and O–H groups in total. The zero-order valence-corrected chi connectivity index (χ0v) is 13.2. The molecule has 0 saturated carbocycles. The van der Waals surface area contributed by atoms with Crippen LogP contribution in [0.3, 0.4) is 0 Å². The lowest BCUT2D eigenvalue weighted by molar-refractivity contribution is 0.445. The van der Waals surface area contributed by atoms with E-state index < -0.39 is 0 Å². The van der Waals surface area contributed by atoms with Crippen molar-refractivity contribution in [3.63, 3.8) is 0 Å². The van der Waals surface area contributed by atoms with Gasteiger partial charge in [-0.1, -0.05) is 31.2 Å². The fourth-order valence-corrected chi connectivity index (χ4v) is 2.39. The number of aryl methyl sites for hydroxylation is 4. The molecule has 2 aromatic rings. The van der Waals surface area contributed by atoms with Crippen LogP contribution in [0.1, 0.15) is 42.5 Å². The highest BCUT2D eigenvalue weighted by Gasteiger charge is 2.05. The molecule has 0 aliphatic rings. The molecule has 0 saturated heterocycles. The molecule has 0 bridgehead atoms. The Kier molecular flexibility index (Phi) is 6.48. The first-order valence-electron chi connectivity index (χ1n) is 7.98. The third-order valence-corrected chi connectivity index (χ3v) is 3.67. The fourth-order valence-electron chi connectivity index (χ4n) is 2.39. The quantitative estimate of drug-likeness (QED) is 0.714. The molecule has 0 aliphatic heterocycles. The maximum absolute atomic E-state index is 5.81. The molecule has 0 radical (unpaired) electrons. The first kappa shape index (κ1) is 15.8. The number of nitrogens with one attached hydrogen (secondary N) is 1. The van der Waals surface area contributed by atoms with Gasteiger partial charge in [0.25, 0.3) is 0 Å². The average molecular weight is 286 g/mol. The van der Waals surface area contributed by atoms with Crippen LogP contribution in [0.5, 0.6) is 0 Å². The molecule has 0 fully saturated rings. The summed E-state index contributed by atoms with van der Waals surface area (Å²) in [6.07, 6.45) is 7.00. The van der Waals surface area contributed by atoms with Gasteiger partial charge in [0.1, 0.15) is 5.76 Å². The van der Waals surface area contributed by atoms with Gasteiger partial charge in [0.2, 0.25) is 0 Å². The summed E-state index contributed by atoms with van der Waals surface area (Å²) in [6, 6.07) is 8.52. The van der Waals surface area contributed by atoms with Gasteiger partial charge >= 0.3 is 0 Å². The number of hydrogen-bond donors (Lipinski definition) is 1. The zero-order chi connectivity index (χ0) is 14.9. The zero-order valence-electron chi connectivity index (χ0n) is 13.2. The van der Waals surface area contributed by atoms with Crippen molar-refractivity contribution in [1.82, 2.24) is 10.3 Å². The molecular weight excluding hydrogens is 260 g/mol. The second-order valence-electron chi connectivity index (χ2n) is 5.50. The molecule has 0 unspecified atom stereocenters. The van der Waals surface area contributed by atoms with Gasteiger partial charge in [0, 0.05) is 12.8 Å². The highest BCUT2D eigenvalue weighted by molar-refractivity contribution is 5.26. The van der Waals surface area contributed by atoms with E-state index in [1.54, 1.807) is 0 Å². The Morgan fingerprint density at radius 2 is 1.95 bits per heavy atom. The first-order chi connectivity index (χ1) is 10.3. The summed E-state index contributed by atoms with van der Waals surface area (Å²) in [6.45, 7) is 6.47. The minimum Gasteiger partial charge on any atom is -0.446 e. The van der Waals surface area contributed by atoms with Gasteiger partial charge in [0.15, 0.2) is 5.89 Å². The van der Waals surface area contributed by atoms with E-state index in [4.69, 9.17) is 4.42 Å². The Hall–Kier alpha value is -1.61. The first-order valence-corrected chi connectivity index (χ1v) is 7.98. The fraction of sp³-hybridized carbons (Fsp3) is 0.500. The summed E-state index contributed by atoms with van der Waals surface area (Å²) in [5.74, 6) is 1.86. The monoisotopic (exact) mass is 286 g/mol. The van der Waals surface area contributed by atoms with Crippen LogP contribution in [0.15, 0.2) is 34.9 Å². The molecule has 21 heavy (non-hydrogen) atoms. The third-order valence-electron chi connectivity index (χ3n) is 3.67. The summed E-state index contributed by atoms with van der Waals surface area (Å²) < 4.78 is 5.81. The lowest BCUT2D eigenvalue weighted by Crippen LogP contribution is -2.16. The molecule has 1 aromatic heterocycles. The van der Waals surface area contributed by atoms with Crippen molar-refractivity contribution >= 4 is 0 Å². The topological polar surface area (TPSA) is 38.1 Å². The Morgan fingerprint density at radius 1 is 1.10 bits per heavy atom. The second kappa shape index (κ2) is 8.63. The Bertz CT molecular complexity index is 534. The number of hydrogen-bond acceptors (Lipinski definition) is 3. The maximum atomic E-state index is 5.81.